The molecule has 0 aliphatic carbocycles. The Bertz CT molecular complexity index is 1320. The van der Waals surface area contributed by atoms with Crippen LogP contribution in [0.1, 0.15) is 37.0 Å². The van der Waals surface area contributed by atoms with Crippen molar-refractivity contribution < 1.29 is 9.53 Å². The highest BCUT2D eigenvalue weighted by Gasteiger charge is 2.33. The first-order chi connectivity index (χ1) is 18.4. The average molecular weight is 552 g/mol. The van der Waals surface area contributed by atoms with E-state index in [1.54, 1.807) is 16.4 Å². The van der Waals surface area contributed by atoms with Crippen LogP contribution in [0.15, 0.2) is 40.0 Å². The van der Waals surface area contributed by atoms with Crippen LogP contribution < -0.4 is 15.4 Å². The molecule has 0 atom stereocenters. The summed E-state index contributed by atoms with van der Waals surface area (Å²) in [5.41, 5.74) is 2.30. The Labute approximate surface area is 233 Å². The molecule has 38 heavy (non-hydrogen) atoms. The lowest BCUT2D eigenvalue weighted by molar-refractivity contribution is -0.122. The fourth-order valence-corrected chi connectivity index (χ4v) is 6.18. The van der Waals surface area contributed by atoms with Gasteiger partial charge in [-0.05, 0) is 51.0 Å². The van der Waals surface area contributed by atoms with E-state index in [9.17, 15) is 14.9 Å². The van der Waals surface area contributed by atoms with Crippen molar-refractivity contribution in [1.29, 1.82) is 5.26 Å². The van der Waals surface area contributed by atoms with E-state index >= 15 is 0 Å². The number of hydrogen-bond acceptors (Lipinski definition) is 8. The van der Waals surface area contributed by atoms with Gasteiger partial charge < -0.3 is 14.5 Å². The number of benzene rings is 1. The first-order valence-corrected chi connectivity index (χ1v) is 14.2. The van der Waals surface area contributed by atoms with Gasteiger partial charge in [-0.25, -0.2) is 0 Å². The quantitative estimate of drug-likeness (QED) is 0.263. The van der Waals surface area contributed by atoms with Crippen molar-refractivity contribution in [1.82, 2.24) is 9.47 Å². The van der Waals surface area contributed by atoms with Crippen molar-refractivity contribution >= 4 is 51.8 Å². The van der Waals surface area contributed by atoms with Crippen molar-refractivity contribution in [2.75, 3.05) is 55.7 Å². The number of amides is 1. The summed E-state index contributed by atoms with van der Waals surface area (Å²) in [7, 11) is 0. The standard InChI is InChI=1S/C28H33N5O3S2/c1-4-32-25(31-15-13-30(14-16-31)21-10-7-6-8-11-21)22(20(3)23(19-29)26(32)34)18-24-27(35)33(28(37)38-24)12-9-17-36-5-2/h6-8,10-11,18H,4-5,9,12-17H2,1-3H3/b24-18+. The van der Waals surface area contributed by atoms with Crippen molar-refractivity contribution in [2.24, 2.45) is 0 Å². The van der Waals surface area contributed by atoms with Gasteiger partial charge in [0, 0.05) is 63.7 Å². The highest BCUT2D eigenvalue weighted by atomic mass is 32.2. The fraction of sp³-hybridized carbons (Fsp3) is 0.429. The zero-order valence-corrected chi connectivity index (χ0v) is 23.7. The molecular weight excluding hydrogens is 518 g/mol. The van der Waals surface area contributed by atoms with Gasteiger partial charge in [-0.3, -0.25) is 19.1 Å². The van der Waals surface area contributed by atoms with Crippen molar-refractivity contribution in [3.8, 4) is 6.07 Å². The number of thioether (sulfide) groups is 1. The van der Waals surface area contributed by atoms with Crippen LogP contribution in [-0.2, 0) is 16.1 Å². The minimum absolute atomic E-state index is 0.108. The average Bonchev–Trinajstić information content (AvgIpc) is 3.20. The van der Waals surface area contributed by atoms with Gasteiger partial charge in [0.25, 0.3) is 11.5 Å². The molecule has 2 fully saturated rings. The number of thiocarbonyl (C=S) groups is 1. The van der Waals surface area contributed by atoms with Crippen LogP contribution in [0, 0.1) is 18.3 Å². The molecule has 200 valence electrons. The van der Waals surface area contributed by atoms with Crippen LogP contribution in [0.3, 0.4) is 0 Å². The van der Waals surface area contributed by atoms with Crippen LogP contribution in [-0.4, -0.2) is 65.6 Å². The third-order valence-corrected chi connectivity index (χ3v) is 8.26. The monoisotopic (exact) mass is 551 g/mol. The predicted molar refractivity (Wildman–Crippen MR) is 158 cm³/mol. The second kappa shape index (κ2) is 12.6. The minimum atomic E-state index is -0.298. The largest absolute Gasteiger partial charge is 0.382 e. The SMILES string of the molecule is CCOCCCN1C(=O)/C(=C\c2c(C)c(C#N)c(=O)n(CC)c2N2CCN(c3ccccc3)CC2)SC1=S. The number of carbonyl (C=O) groups excluding carboxylic acids is 1. The van der Waals surface area contributed by atoms with E-state index in [1.165, 1.54) is 17.4 Å². The van der Waals surface area contributed by atoms with Crippen LogP contribution >= 0.6 is 24.0 Å². The molecule has 2 aliphatic rings. The number of hydrogen-bond donors (Lipinski definition) is 0. The summed E-state index contributed by atoms with van der Waals surface area (Å²) in [4.78, 5) is 33.3. The summed E-state index contributed by atoms with van der Waals surface area (Å²) in [6.45, 7) is 10.7. The van der Waals surface area contributed by atoms with E-state index in [-0.39, 0.29) is 17.0 Å². The Hall–Kier alpha value is -3.13. The molecule has 2 saturated heterocycles. The van der Waals surface area contributed by atoms with Gasteiger partial charge in [0.2, 0.25) is 0 Å². The molecule has 0 N–H and O–H groups in total. The smallest absolute Gasteiger partial charge is 0.270 e. The molecule has 1 aromatic carbocycles. The normalized spacial score (nSPS) is 17.0. The van der Waals surface area contributed by atoms with Gasteiger partial charge in [-0.2, -0.15) is 5.26 Å². The van der Waals surface area contributed by atoms with Gasteiger partial charge in [0.1, 0.15) is 21.8 Å². The summed E-state index contributed by atoms with van der Waals surface area (Å²) in [5, 5.41) is 9.83. The molecular formula is C28H33N5O3S2. The first-order valence-electron chi connectivity index (χ1n) is 13.0. The molecule has 0 radical (unpaired) electrons. The highest BCUT2D eigenvalue weighted by Crippen LogP contribution is 2.36. The molecule has 10 heteroatoms. The second-order valence-corrected chi connectivity index (χ2v) is 10.8. The molecule has 0 bridgehead atoms. The highest BCUT2D eigenvalue weighted by molar-refractivity contribution is 8.26. The summed E-state index contributed by atoms with van der Waals surface area (Å²) in [6, 6.07) is 12.4. The summed E-state index contributed by atoms with van der Waals surface area (Å²) in [5.74, 6) is 0.604. The number of carbonyl (C=O) groups is 1. The number of para-hydroxylation sites is 1. The third-order valence-electron chi connectivity index (χ3n) is 6.89. The number of ether oxygens (including phenoxy) is 1. The summed E-state index contributed by atoms with van der Waals surface area (Å²) in [6.07, 6.45) is 2.52. The number of rotatable bonds is 9. The Kier molecular flexibility index (Phi) is 9.26. The van der Waals surface area contributed by atoms with E-state index in [1.807, 2.05) is 38.1 Å². The number of nitriles is 1. The molecule has 3 heterocycles. The molecule has 1 aromatic heterocycles. The minimum Gasteiger partial charge on any atom is -0.382 e. The van der Waals surface area contributed by atoms with Crippen molar-refractivity contribution in [3.05, 3.63) is 62.3 Å². The lowest BCUT2D eigenvalue weighted by atomic mass is 10.0. The first kappa shape index (κ1) is 27.9. The lowest BCUT2D eigenvalue weighted by Gasteiger charge is -2.39. The van der Waals surface area contributed by atoms with E-state index in [0.29, 0.717) is 60.6 Å². The number of piperazine rings is 1. The Morgan fingerprint density at radius 2 is 1.79 bits per heavy atom. The second-order valence-electron chi connectivity index (χ2n) is 9.09. The third kappa shape index (κ3) is 5.65. The number of nitrogens with zero attached hydrogens (tertiary/aromatic N) is 5. The van der Waals surface area contributed by atoms with Gasteiger partial charge in [-0.15, -0.1) is 0 Å². The maximum atomic E-state index is 13.3. The fourth-order valence-electron chi connectivity index (χ4n) is 4.89. The molecule has 2 aliphatic heterocycles. The van der Waals surface area contributed by atoms with E-state index in [4.69, 9.17) is 17.0 Å². The molecule has 1 amide bonds. The summed E-state index contributed by atoms with van der Waals surface area (Å²) < 4.78 is 7.59. The maximum absolute atomic E-state index is 13.3. The molecule has 4 rings (SSSR count). The van der Waals surface area contributed by atoms with Crippen molar-refractivity contribution in [2.45, 2.75) is 33.7 Å². The van der Waals surface area contributed by atoms with E-state index < -0.39 is 0 Å². The molecule has 0 saturated carbocycles. The lowest BCUT2D eigenvalue weighted by Crippen LogP contribution is -2.48. The van der Waals surface area contributed by atoms with Gasteiger partial charge in [0.15, 0.2) is 0 Å². The Morgan fingerprint density at radius 3 is 2.42 bits per heavy atom. The molecule has 8 nitrogen and oxygen atoms in total. The topological polar surface area (TPSA) is 81.8 Å². The number of aromatic nitrogens is 1. The van der Waals surface area contributed by atoms with Crippen molar-refractivity contribution in [3.63, 3.8) is 0 Å². The zero-order chi connectivity index (χ0) is 27.2. The van der Waals surface area contributed by atoms with E-state index in [2.05, 4.69) is 28.0 Å². The van der Waals surface area contributed by atoms with Gasteiger partial charge >= 0.3 is 0 Å². The summed E-state index contributed by atoms with van der Waals surface area (Å²) >= 11 is 6.78. The molecule has 2 aromatic rings. The number of anilines is 2. The van der Waals surface area contributed by atoms with Crippen LogP contribution in [0.25, 0.3) is 6.08 Å². The number of pyridine rings is 1. The van der Waals surface area contributed by atoms with E-state index in [0.717, 1.165) is 24.5 Å². The van der Waals surface area contributed by atoms with Gasteiger partial charge in [0.05, 0.1) is 4.91 Å². The van der Waals surface area contributed by atoms with Crippen LogP contribution in [0.5, 0.6) is 0 Å². The van der Waals surface area contributed by atoms with Crippen LogP contribution in [0.4, 0.5) is 11.5 Å². The van der Waals surface area contributed by atoms with Gasteiger partial charge in [-0.1, -0.05) is 42.2 Å². The van der Waals surface area contributed by atoms with Crippen LogP contribution in [0.2, 0.25) is 0 Å². The molecule has 0 spiro atoms. The maximum Gasteiger partial charge on any atom is 0.270 e. The predicted octanol–water partition coefficient (Wildman–Crippen LogP) is 4.00. The molecule has 0 unspecified atom stereocenters. The Balaban J connectivity index is 1.69. The zero-order valence-electron chi connectivity index (χ0n) is 22.1. The Morgan fingerprint density at radius 1 is 1.11 bits per heavy atom.